The molecule has 2 rings (SSSR count). The zero-order chi connectivity index (χ0) is 22.1. The van der Waals surface area contributed by atoms with E-state index in [-0.39, 0.29) is 22.9 Å². The first kappa shape index (κ1) is 23.4. The monoisotopic (exact) mass is 440 g/mol. The molecule has 0 aromatic rings. The van der Waals surface area contributed by atoms with Crippen LogP contribution in [0.5, 0.6) is 0 Å². The van der Waals surface area contributed by atoms with E-state index in [1.807, 2.05) is 0 Å². The number of hydrogen-bond acceptors (Lipinski definition) is 7. The lowest BCUT2D eigenvalue weighted by atomic mass is 9.73. The van der Waals surface area contributed by atoms with Crippen LogP contribution >= 0.6 is 24.0 Å². The predicted molar refractivity (Wildman–Crippen MR) is 116 cm³/mol. The van der Waals surface area contributed by atoms with E-state index >= 15 is 0 Å². The van der Waals surface area contributed by atoms with E-state index in [0.717, 1.165) is 0 Å². The molecule has 0 spiro atoms. The minimum atomic E-state index is -1.03. The van der Waals surface area contributed by atoms with Gasteiger partial charge in [0.25, 0.3) is 5.91 Å². The Morgan fingerprint density at radius 3 is 2.28 bits per heavy atom. The van der Waals surface area contributed by atoms with Crippen LogP contribution in [0.1, 0.15) is 34.6 Å². The molecule has 2 heterocycles. The minimum Gasteiger partial charge on any atom is -0.469 e. The Balaban J connectivity index is 2.53. The van der Waals surface area contributed by atoms with E-state index in [9.17, 15) is 14.4 Å². The topological polar surface area (TPSA) is 76.1 Å². The molecule has 0 aliphatic carbocycles. The Morgan fingerprint density at radius 2 is 1.76 bits per heavy atom. The zero-order valence-electron chi connectivity index (χ0n) is 17.8. The fourth-order valence-corrected chi connectivity index (χ4v) is 5.12. The fraction of sp³-hybridized carbons (Fsp3) is 0.600. The van der Waals surface area contributed by atoms with E-state index in [1.54, 1.807) is 24.8 Å². The van der Waals surface area contributed by atoms with Crippen LogP contribution in [0.25, 0.3) is 0 Å². The Hall–Kier alpha value is -1.87. The first-order valence-electron chi connectivity index (χ1n) is 9.21. The molecule has 0 aromatic heterocycles. The van der Waals surface area contributed by atoms with Gasteiger partial charge in [-0.2, -0.15) is 0 Å². The number of ether oxygens (including phenoxy) is 2. The normalized spacial score (nSPS) is 22.4. The third-order valence-corrected chi connectivity index (χ3v) is 6.74. The molecule has 0 radical (unpaired) electrons. The quantitative estimate of drug-likeness (QED) is 0.491. The summed E-state index contributed by atoms with van der Waals surface area (Å²) in [6.07, 6.45) is 3.94. The number of carbonyl (C=O) groups is 3. The second kappa shape index (κ2) is 8.47. The van der Waals surface area contributed by atoms with Gasteiger partial charge < -0.3 is 9.47 Å². The first-order valence-corrected chi connectivity index (χ1v) is 10.6. The number of hydrogen-bond donors (Lipinski definition) is 0. The SMILES string of the molecule is COC(=O)N1C=C[C@@H](C(C)(C)C(=O)OC)C(C(=O)N2C(=S)SCC2C(C)(C)C)=C1. The number of allylic oxidation sites excluding steroid dienone is 1. The molecule has 0 N–H and O–H groups in total. The zero-order valence-corrected chi connectivity index (χ0v) is 19.5. The summed E-state index contributed by atoms with van der Waals surface area (Å²) in [5.41, 5.74) is -0.933. The maximum Gasteiger partial charge on any atom is 0.417 e. The molecule has 1 unspecified atom stereocenters. The van der Waals surface area contributed by atoms with Gasteiger partial charge in [0, 0.05) is 29.6 Å². The summed E-state index contributed by atoms with van der Waals surface area (Å²) in [4.78, 5) is 41.0. The van der Waals surface area contributed by atoms with Crippen LogP contribution in [-0.4, -0.2) is 58.1 Å². The van der Waals surface area contributed by atoms with Gasteiger partial charge in [-0.15, -0.1) is 0 Å². The number of methoxy groups -OCH3 is 2. The number of thiocarbonyl (C=S) groups is 1. The van der Waals surface area contributed by atoms with Gasteiger partial charge in [0.15, 0.2) is 0 Å². The molecule has 0 aromatic carbocycles. The van der Waals surface area contributed by atoms with E-state index in [4.69, 9.17) is 21.7 Å². The lowest BCUT2D eigenvalue weighted by Gasteiger charge is -2.38. The molecule has 1 saturated heterocycles. The summed E-state index contributed by atoms with van der Waals surface area (Å²) in [7, 11) is 2.57. The average molecular weight is 441 g/mol. The Labute approximate surface area is 181 Å². The van der Waals surface area contributed by atoms with E-state index < -0.39 is 23.4 Å². The third-order valence-electron chi connectivity index (χ3n) is 5.27. The molecule has 9 heteroatoms. The number of amides is 2. The summed E-state index contributed by atoms with van der Waals surface area (Å²) in [6, 6.07) is -0.104. The molecule has 0 saturated carbocycles. The van der Waals surface area contributed by atoms with Crippen LogP contribution in [0.4, 0.5) is 4.79 Å². The highest BCUT2D eigenvalue weighted by Crippen LogP contribution is 2.42. The third kappa shape index (κ3) is 4.50. The van der Waals surface area contributed by atoms with Gasteiger partial charge in [0.05, 0.1) is 25.7 Å². The smallest absolute Gasteiger partial charge is 0.417 e. The number of thioether (sulfide) groups is 1. The number of nitrogens with zero attached hydrogens (tertiary/aromatic N) is 2. The Bertz CT molecular complexity index is 782. The van der Waals surface area contributed by atoms with Crippen LogP contribution in [-0.2, 0) is 19.1 Å². The van der Waals surface area contributed by atoms with Gasteiger partial charge in [0.2, 0.25) is 0 Å². The maximum atomic E-state index is 13.7. The Kier molecular flexibility index (Phi) is 6.84. The number of esters is 1. The summed E-state index contributed by atoms with van der Waals surface area (Å²) < 4.78 is 10.2. The molecule has 29 heavy (non-hydrogen) atoms. The van der Waals surface area contributed by atoms with Crippen molar-refractivity contribution in [2.75, 3.05) is 20.0 Å². The second-order valence-corrected chi connectivity index (χ2v) is 10.3. The average Bonchev–Trinajstić information content (AvgIpc) is 3.07. The van der Waals surface area contributed by atoms with Gasteiger partial charge in [-0.05, 0) is 19.3 Å². The van der Waals surface area contributed by atoms with Gasteiger partial charge in [-0.1, -0.05) is 50.8 Å². The molecule has 2 atom stereocenters. The number of rotatable bonds is 3. The number of carbonyl (C=O) groups excluding carboxylic acids is 3. The van der Waals surface area contributed by atoms with Crippen LogP contribution in [0.15, 0.2) is 24.0 Å². The molecular weight excluding hydrogens is 412 g/mol. The molecule has 7 nitrogen and oxygen atoms in total. The lowest BCUT2D eigenvalue weighted by molar-refractivity contribution is -0.152. The minimum absolute atomic E-state index is 0.104. The standard InChI is InChI=1S/C20H28N2O5S2/c1-19(2,3)14-11-29-18(28)22(14)15(23)12-10-21(17(25)27-7)9-8-13(12)20(4,5)16(24)26-6/h8-10,13-14H,11H2,1-7H3/t13-,14?/m1/s1. The highest BCUT2D eigenvalue weighted by molar-refractivity contribution is 8.23. The van der Waals surface area contributed by atoms with E-state index in [0.29, 0.717) is 10.1 Å². The molecule has 2 aliphatic rings. The van der Waals surface area contributed by atoms with Crippen molar-refractivity contribution in [3.8, 4) is 0 Å². The first-order chi connectivity index (χ1) is 13.4. The van der Waals surface area contributed by atoms with Gasteiger partial charge in [0.1, 0.15) is 4.32 Å². The maximum absolute atomic E-state index is 13.7. The van der Waals surface area contributed by atoms with E-state index in [1.165, 1.54) is 43.3 Å². The summed E-state index contributed by atoms with van der Waals surface area (Å²) >= 11 is 6.93. The summed E-state index contributed by atoms with van der Waals surface area (Å²) in [5, 5.41) is 0. The van der Waals surface area contributed by atoms with Crippen molar-refractivity contribution >= 4 is 46.3 Å². The Morgan fingerprint density at radius 1 is 1.14 bits per heavy atom. The second-order valence-electron chi connectivity index (χ2n) is 8.63. The van der Waals surface area contributed by atoms with Crippen molar-refractivity contribution in [3.05, 3.63) is 24.0 Å². The van der Waals surface area contributed by atoms with Crippen molar-refractivity contribution < 1.29 is 23.9 Å². The molecular formula is C20H28N2O5S2. The van der Waals surface area contributed by atoms with Crippen molar-refractivity contribution in [3.63, 3.8) is 0 Å². The van der Waals surface area contributed by atoms with Crippen molar-refractivity contribution in [1.82, 2.24) is 9.80 Å². The largest absolute Gasteiger partial charge is 0.469 e. The van der Waals surface area contributed by atoms with Crippen molar-refractivity contribution in [2.45, 2.75) is 40.7 Å². The van der Waals surface area contributed by atoms with Gasteiger partial charge >= 0.3 is 12.1 Å². The fourth-order valence-electron chi connectivity index (χ4n) is 3.40. The lowest BCUT2D eigenvalue weighted by Crippen LogP contribution is -2.49. The van der Waals surface area contributed by atoms with Crippen LogP contribution < -0.4 is 0 Å². The van der Waals surface area contributed by atoms with Gasteiger partial charge in [-0.25, -0.2) is 4.79 Å². The van der Waals surface area contributed by atoms with E-state index in [2.05, 4.69) is 20.8 Å². The molecule has 1 fully saturated rings. The molecule has 2 aliphatic heterocycles. The van der Waals surface area contributed by atoms with Gasteiger partial charge in [-0.3, -0.25) is 19.4 Å². The summed E-state index contributed by atoms with van der Waals surface area (Å²) in [5.74, 6) is -0.677. The van der Waals surface area contributed by atoms with Crippen molar-refractivity contribution in [1.29, 1.82) is 0 Å². The highest BCUT2D eigenvalue weighted by Gasteiger charge is 2.47. The molecule has 160 valence electrons. The highest BCUT2D eigenvalue weighted by atomic mass is 32.2. The predicted octanol–water partition coefficient (Wildman–Crippen LogP) is 3.56. The van der Waals surface area contributed by atoms with Crippen LogP contribution in [0.2, 0.25) is 0 Å². The van der Waals surface area contributed by atoms with Crippen LogP contribution in [0, 0.1) is 16.7 Å². The summed E-state index contributed by atoms with van der Waals surface area (Å²) in [6.45, 7) is 9.58. The molecule has 2 amide bonds. The molecule has 0 bridgehead atoms. The van der Waals surface area contributed by atoms with Crippen LogP contribution in [0.3, 0.4) is 0 Å². The van der Waals surface area contributed by atoms with Crippen molar-refractivity contribution in [2.24, 2.45) is 16.7 Å².